The molecular formula is C14H19N3O3. The van der Waals surface area contributed by atoms with E-state index < -0.39 is 0 Å². The van der Waals surface area contributed by atoms with Crippen LogP contribution in [0.4, 0.5) is 0 Å². The fourth-order valence-electron chi connectivity index (χ4n) is 2.08. The third-order valence-corrected chi connectivity index (χ3v) is 3.32. The molecule has 0 saturated carbocycles. The molecule has 0 spiro atoms. The molecular weight excluding hydrogens is 258 g/mol. The van der Waals surface area contributed by atoms with Crippen LogP contribution in [0.25, 0.3) is 0 Å². The zero-order valence-corrected chi connectivity index (χ0v) is 11.5. The van der Waals surface area contributed by atoms with Crippen molar-refractivity contribution in [2.45, 2.75) is 19.5 Å². The Morgan fingerprint density at radius 2 is 2.25 bits per heavy atom. The van der Waals surface area contributed by atoms with Crippen LogP contribution in [-0.4, -0.2) is 42.5 Å². The van der Waals surface area contributed by atoms with Gasteiger partial charge in [0, 0.05) is 13.1 Å². The van der Waals surface area contributed by atoms with Gasteiger partial charge in [0.25, 0.3) is 0 Å². The van der Waals surface area contributed by atoms with Crippen LogP contribution in [-0.2, 0) is 16.1 Å². The summed E-state index contributed by atoms with van der Waals surface area (Å²) in [6.07, 6.45) is 0. The summed E-state index contributed by atoms with van der Waals surface area (Å²) >= 11 is 0. The molecule has 0 aromatic heterocycles. The van der Waals surface area contributed by atoms with Crippen molar-refractivity contribution in [2.24, 2.45) is 5.73 Å². The second kappa shape index (κ2) is 6.49. The lowest BCUT2D eigenvalue weighted by atomic mass is 10.2. The van der Waals surface area contributed by atoms with Gasteiger partial charge in [-0.3, -0.25) is 19.8 Å². The van der Waals surface area contributed by atoms with Crippen molar-refractivity contribution >= 4 is 11.8 Å². The number of benzene rings is 1. The first-order valence-electron chi connectivity index (χ1n) is 6.59. The molecule has 6 nitrogen and oxygen atoms in total. The van der Waals surface area contributed by atoms with Gasteiger partial charge >= 0.3 is 0 Å². The molecule has 20 heavy (non-hydrogen) atoms. The van der Waals surface area contributed by atoms with Gasteiger partial charge in [0.1, 0.15) is 12.4 Å². The summed E-state index contributed by atoms with van der Waals surface area (Å²) < 4.78 is 5.63. The smallest absolute Gasteiger partial charge is 0.243 e. The van der Waals surface area contributed by atoms with E-state index in [-0.39, 0.29) is 24.4 Å². The van der Waals surface area contributed by atoms with Crippen LogP contribution in [0.15, 0.2) is 24.3 Å². The van der Waals surface area contributed by atoms with Crippen molar-refractivity contribution in [3.63, 3.8) is 0 Å². The predicted octanol–water partition coefficient (Wildman–Crippen LogP) is -0.129. The minimum absolute atomic E-state index is 0.221. The molecule has 3 N–H and O–H groups in total. The number of carbonyl (C=O) groups is 2. The molecule has 108 valence electrons. The van der Waals surface area contributed by atoms with E-state index in [2.05, 4.69) is 5.32 Å². The van der Waals surface area contributed by atoms with Crippen LogP contribution in [0.5, 0.6) is 5.75 Å². The van der Waals surface area contributed by atoms with Gasteiger partial charge in [0.2, 0.25) is 11.8 Å². The van der Waals surface area contributed by atoms with Crippen LogP contribution in [0, 0.1) is 0 Å². The van der Waals surface area contributed by atoms with Crippen molar-refractivity contribution in [3.8, 4) is 5.75 Å². The molecule has 2 amide bonds. The van der Waals surface area contributed by atoms with Gasteiger partial charge in [-0.25, -0.2) is 0 Å². The number of hydrogen-bond donors (Lipinski definition) is 2. The summed E-state index contributed by atoms with van der Waals surface area (Å²) in [4.78, 5) is 24.6. The van der Waals surface area contributed by atoms with Crippen LogP contribution < -0.4 is 15.8 Å². The summed E-state index contributed by atoms with van der Waals surface area (Å²) in [5.41, 5.74) is 6.57. The van der Waals surface area contributed by atoms with Crippen molar-refractivity contribution in [1.82, 2.24) is 10.2 Å². The highest BCUT2D eigenvalue weighted by atomic mass is 16.5. The molecule has 2 rings (SSSR count). The lowest BCUT2D eigenvalue weighted by molar-refractivity contribution is -0.139. The van der Waals surface area contributed by atoms with E-state index in [4.69, 9.17) is 10.5 Å². The number of nitrogens with two attached hydrogens (primary N) is 1. The van der Waals surface area contributed by atoms with E-state index in [1.165, 1.54) is 0 Å². The molecule has 1 saturated heterocycles. The quantitative estimate of drug-likeness (QED) is 0.732. The number of ether oxygens (including phenoxy) is 1. The number of amides is 2. The molecule has 1 aliphatic rings. The molecule has 1 unspecified atom stereocenters. The third-order valence-electron chi connectivity index (χ3n) is 3.32. The van der Waals surface area contributed by atoms with E-state index in [0.29, 0.717) is 19.7 Å². The summed E-state index contributed by atoms with van der Waals surface area (Å²) in [5, 5.41) is 2.31. The third kappa shape index (κ3) is 3.55. The molecule has 1 aliphatic heterocycles. The molecule has 0 bridgehead atoms. The average molecular weight is 277 g/mol. The Bertz CT molecular complexity index is 504. The van der Waals surface area contributed by atoms with Gasteiger partial charge in [-0.05, 0) is 24.6 Å². The highest BCUT2D eigenvalue weighted by Crippen LogP contribution is 2.13. The van der Waals surface area contributed by atoms with Crippen LogP contribution >= 0.6 is 0 Å². The fraction of sp³-hybridized carbons (Fsp3) is 0.429. The minimum Gasteiger partial charge on any atom is -0.492 e. The molecule has 0 aliphatic carbocycles. The summed E-state index contributed by atoms with van der Waals surface area (Å²) in [7, 11) is 0. The van der Waals surface area contributed by atoms with Gasteiger partial charge in [-0.1, -0.05) is 12.1 Å². The van der Waals surface area contributed by atoms with Crippen molar-refractivity contribution in [3.05, 3.63) is 29.8 Å². The predicted molar refractivity (Wildman–Crippen MR) is 74.0 cm³/mol. The minimum atomic E-state index is -0.313. The largest absolute Gasteiger partial charge is 0.492 e. The van der Waals surface area contributed by atoms with E-state index in [0.717, 1.165) is 11.3 Å². The highest BCUT2D eigenvalue weighted by molar-refractivity contribution is 6.00. The topological polar surface area (TPSA) is 84.7 Å². The Morgan fingerprint density at radius 3 is 3.00 bits per heavy atom. The van der Waals surface area contributed by atoms with Crippen LogP contribution in [0.3, 0.4) is 0 Å². The average Bonchev–Trinajstić information content (AvgIpc) is 2.44. The molecule has 0 radical (unpaired) electrons. The molecule has 1 fully saturated rings. The van der Waals surface area contributed by atoms with Crippen LogP contribution in [0.2, 0.25) is 0 Å². The number of rotatable bonds is 5. The summed E-state index contributed by atoms with van der Waals surface area (Å²) in [5.74, 6) is 0.220. The van der Waals surface area contributed by atoms with Crippen LogP contribution in [0.1, 0.15) is 12.5 Å². The number of hydrogen-bond acceptors (Lipinski definition) is 5. The zero-order chi connectivity index (χ0) is 14.5. The van der Waals surface area contributed by atoms with Gasteiger partial charge < -0.3 is 10.5 Å². The Hall–Kier alpha value is -1.92. The standard InChI is InChI=1S/C14H19N3O3/c1-10-14(19)16-13(18)9-17(10)5-6-20-12-4-2-3-11(7-12)8-15/h2-4,7,10H,5-6,8-9,15H2,1H3,(H,16,18,19). The lowest BCUT2D eigenvalue weighted by Gasteiger charge is -2.31. The van der Waals surface area contributed by atoms with Gasteiger partial charge in [0.05, 0.1) is 12.6 Å². The van der Waals surface area contributed by atoms with Crippen molar-refractivity contribution < 1.29 is 14.3 Å². The monoisotopic (exact) mass is 277 g/mol. The Balaban J connectivity index is 1.85. The maximum Gasteiger partial charge on any atom is 0.243 e. The van der Waals surface area contributed by atoms with Gasteiger partial charge in [-0.2, -0.15) is 0 Å². The van der Waals surface area contributed by atoms with Gasteiger partial charge in [-0.15, -0.1) is 0 Å². The first kappa shape index (κ1) is 14.5. The molecule has 1 aromatic rings. The molecule has 1 aromatic carbocycles. The Morgan fingerprint density at radius 1 is 1.45 bits per heavy atom. The zero-order valence-electron chi connectivity index (χ0n) is 11.5. The summed E-state index contributed by atoms with van der Waals surface area (Å²) in [6, 6.07) is 7.25. The van der Waals surface area contributed by atoms with E-state index >= 15 is 0 Å². The van der Waals surface area contributed by atoms with Crippen molar-refractivity contribution in [2.75, 3.05) is 19.7 Å². The van der Waals surface area contributed by atoms with E-state index in [9.17, 15) is 9.59 Å². The Kier molecular flexibility index (Phi) is 4.70. The number of piperazine rings is 1. The lowest BCUT2D eigenvalue weighted by Crippen LogP contribution is -2.57. The van der Waals surface area contributed by atoms with E-state index in [1.807, 2.05) is 24.3 Å². The first-order valence-corrected chi connectivity index (χ1v) is 6.59. The second-order valence-electron chi connectivity index (χ2n) is 4.76. The normalized spacial score (nSPS) is 19.8. The first-order chi connectivity index (χ1) is 9.60. The second-order valence-corrected chi connectivity index (χ2v) is 4.76. The number of carbonyl (C=O) groups excluding carboxylic acids is 2. The SMILES string of the molecule is CC1C(=O)NC(=O)CN1CCOc1cccc(CN)c1. The Labute approximate surface area is 117 Å². The van der Waals surface area contributed by atoms with Gasteiger partial charge in [0.15, 0.2) is 0 Å². The fourth-order valence-corrected chi connectivity index (χ4v) is 2.08. The summed E-state index contributed by atoms with van der Waals surface area (Å²) in [6.45, 7) is 3.40. The number of imide groups is 1. The van der Waals surface area contributed by atoms with E-state index in [1.54, 1.807) is 11.8 Å². The van der Waals surface area contributed by atoms with Crippen molar-refractivity contribution in [1.29, 1.82) is 0 Å². The maximum atomic E-state index is 11.5. The maximum absolute atomic E-state index is 11.5. The molecule has 1 heterocycles. The molecule has 1 atom stereocenters. The number of nitrogens with zero attached hydrogens (tertiary/aromatic N) is 1. The molecule has 6 heteroatoms. The highest BCUT2D eigenvalue weighted by Gasteiger charge is 2.29. The number of nitrogens with one attached hydrogen (secondary N) is 1.